The van der Waals surface area contributed by atoms with Gasteiger partial charge in [0.1, 0.15) is 5.69 Å². The number of carbonyl (C=O) groups excluding carboxylic acids is 1. The van der Waals surface area contributed by atoms with Gasteiger partial charge < -0.3 is 9.84 Å². The highest BCUT2D eigenvalue weighted by atomic mass is 16.5. The van der Waals surface area contributed by atoms with Crippen molar-refractivity contribution in [2.45, 2.75) is 6.92 Å². The van der Waals surface area contributed by atoms with Gasteiger partial charge in [0.25, 0.3) is 5.91 Å². The maximum atomic E-state index is 12.2. The van der Waals surface area contributed by atoms with E-state index in [1.54, 1.807) is 30.3 Å². The molecule has 23 heavy (non-hydrogen) atoms. The number of amides is 1. The lowest BCUT2D eigenvalue weighted by Crippen LogP contribution is -2.10. The molecule has 0 unspecified atom stereocenters. The zero-order valence-corrected chi connectivity index (χ0v) is 12.4. The fourth-order valence-electron chi connectivity index (χ4n) is 2.06. The van der Waals surface area contributed by atoms with Crippen LogP contribution in [0.3, 0.4) is 0 Å². The van der Waals surface area contributed by atoms with Crippen LogP contribution >= 0.6 is 0 Å². The second-order valence-corrected chi connectivity index (χ2v) is 5.09. The fourth-order valence-corrected chi connectivity index (χ4v) is 2.06. The molecule has 3 rings (SSSR count). The Bertz CT molecular complexity index is 872. The van der Waals surface area contributed by atoms with Gasteiger partial charge in [-0.2, -0.15) is 5.26 Å². The Morgan fingerprint density at radius 2 is 1.83 bits per heavy atom. The van der Waals surface area contributed by atoms with Crippen LogP contribution in [-0.2, 0) is 0 Å². The summed E-state index contributed by atoms with van der Waals surface area (Å²) in [6.45, 7) is 2.00. The van der Waals surface area contributed by atoms with E-state index in [1.807, 2.05) is 37.3 Å². The fraction of sp³-hybridized carbons (Fsp3) is 0.0556. The maximum absolute atomic E-state index is 12.2. The Kier molecular flexibility index (Phi) is 3.89. The molecule has 1 heterocycles. The van der Waals surface area contributed by atoms with Crippen molar-refractivity contribution >= 4 is 11.6 Å². The zero-order chi connectivity index (χ0) is 16.2. The molecule has 0 fully saturated rings. The molecule has 0 aliphatic carbocycles. The molecule has 0 aliphatic rings. The molecule has 0 radical (unpaired) electrons. The first-order valence-electron chi connectivity index (χ1n) is 7.01. The minimum absolute atomic E-state index is 0.130. The largest absolute Gasteiger partial charge is 0.350 e. The summed E-state index contributed by atoms with van der Waals surface area (Å²) in [5.74, 6) is -0.259. The molecule has 1 amide bonds. The molecule has 5 nitrogen and oxygen atoms in total. The monoisotopic (exact) mass is 303 g/mol. The summed E-state index contributed by atoms with van der Waals surface area (Å²) in [6, 6.07) is 18.0. The highest BCUT2D eigenvalue weighted by Crippen LogP contribution is 2.20. The van der Waals surface area contributed by atoms with Crippen molar-refractivity contribution in [2.24, 2.45) is 0 Å². The normalized spacial score (nSPS) is 10.1. The molecular weight excluding hydrogens is 290 g/mol. The zero-order valence-electron chi connectivity index (χ0n) is 12.4. The van der Waals surface area contributed by atoms with Crippen LogP contribution in [0.25, 0.3) is 11.3 Å². The third kappa shape index (κ3) is 3.27. The van der Waals surface area contributed by atoms with Gasteiger partial charge in [-0.1, -0.05) is 35.0 Å². The lowest BCUT2D eigenvalue weighted by Gasteiger charge is -2.01. The number of hydrogen-bond acceptors (Lipinski definition) is 4. The third-order valence-electron chi connectivity index (χ3n) is 3.35. The van der Waals surface area contributed by atoms with Gasteiger partial charge in [-0.05, 0) is 31.2 Å². The van der Waals surface area contributed by atoms with Crippen LogP contribution in [0.5, 0.6) is 0 Å². The predicted octanol–water partition coefficient (Wildman–Crippen LogP) is 3.77. The molecule has 5 heteroatoms. The Balaban J connectivity index is 1.75. The van der Waals surface area contributed by atoms with Crippen molar-refractivity contribution in [1.29, 1.82) is 5.26 Å². The second kappa shape index (κ2) is 6.16. The number of benzene rings is 2. The minimum Gasteiger partial charge on any atom is -0.350 e. The molecule has 3 aromatic rings. The van der Waals surface area contributed by atoms with Crippen LogP contribution in [0.15, 0.2) is 59.1 Å². The lowest BCUT2D eigenvalue weighted by atomic mass is 10.1. The van der Waals surface area contributed by atoms with Gasteiger partial charge in [0.05, 0.1) is 11.6 Å². The van der Waals surface area contributed by atoms with Crippen molar-refractivity contribution in [1.82, 2.24) is 5.16 Å². The number of hydrogen-bond donors (Lipinski definition) is 1. The van der Waals surface area contributed by atoms with Crippen molar-refractivity contribution in [3.8, 4) is 17.3 Å². The summed E-state index contributed by atoms with van der Waals surface area (Å²) in [5, 5.41) is 15.4. The van der Waals surface area contributed by atoms with E-state index in [-0.39, 0.29) is 11.7 Å². The van der Waals surface area contributed by atoms with Crippen LogP contribution in [-0.4, -0.2) is 11.1 Å². The molecule has 1 aromatic heterocycles. The number of anilines is 1. The number of aryl methyl sites for hydroxylation is 1. The van der Waals surface area contributed by atoms with E-state index >= 15 is 0 Å². The van der Waals surface area contributed by atoms with E-state index in [0.717, 1.165) is 11.1 Å². The van der Waals surface area contributed by atoms with Crippen molar-refractivity contribution in [2.75, 3.05) is 5.32 Å². The molecule has 1 N–H and O–H groups in total. The number of rotatable bonds is 3. The van der Waals surface area contributed by atoms with Crippen molar-refractivity contribution in [3.05, 3.63) is 71.5 Å². The maximum Gasteiger partial charge on any atom is 0.294 e. The summed E-state index contributed by atoms with van der Waals surface area (Å²) >= 11 is 0. The Hall–Kier alpha value is -3.39. The summed E-state index contributed by atoms with van der Waals surface area (Å²) in [5.41, 5.74) is 3.76. The molecule has 0 bridgehead atoms. The van der Waals surface area contributed by atoms with Crippen LogP contribution in [0.4, 0.5) is 5.69 Å². The average Bonchev–Trinajstić information content (AvgIpc) is 3.06. The minimum atomic E-state index is -0.388. The molecule has 112 valence electrons. The van der Waals surface area contributed by atoms with E-state index in [2.05, 4.69) is 10.5 Å². The first-order chi connectivity index (χ1) is 11.2. The van der Waals surface area contributed by atoms with Crippen molar-refractivity contribution in [3.63, 3.8) is 0 Å². The molecule has 0 atom stereocenters. The van der Waals surface area contributed by atoms with Crippen molar-refractivity contribution < 1.29 is 9.32 Å². The number of carbonyl (C=O) groups is 1. The molecule has 0 saturated carbocycles. The molecule has 0 spiro atoms. The second-order valence-electron chi connectivity index (χ2n) is 5.09. The lowest BCUT2D eigenvalue weighted by molar-refractivity contribution is 0.0988. The Morgan fingerprint density at radius 1 is 1.13 bits per heavy atom. The molecule has 0 aliphatic heterocycles. The van der Waals surface area contributed by atoms with Crippen LogP contribution in [0.2, 0.25) is 0 Å². The van der Waals surface area contributed by atoms with E-state index in [9.17, 15) is 4.79 Å². The van der Waals surface area contributed by atoms with Gasteiger partial charge in [0, 0.05) is 17.3 Å². The highest BCUT2D eigenvalue weighted by Gasteiger charge is 2.14. The topological polar surface area (TPSA) is 78.9 Å². The summed E-state index contributed by atoms with van der Waals surface area (Å²) < 4.78 is 5.11. The van der Waals surface area contributed by atoms with Gasteiger partial charge in [-0.15, -0.1) is 0 Å². The smallest absolute Gasteiger partial charge is 0.294 e. The summed E-state index contributed by atoms with van der Waals surface area (Å²) in [6.07, 6.45) is 0. The summed E-state index contributed by atoms with van der Waals surface area (Å²) in [7, 11) is 0. The number of nitriles is 1. The molecular formula is C18H13N3O2. The average molecular weight is 303 g/mol. The molecule has 0 saturated heterocycles. The van der Waals surface area contributed by atoms with Gasteiger partial charge in [0.2, 0.25) is 5.76 Å². The molecule has 2 aromatic carbocycles. The SMILES string of the molecule is Cc1ccc(-c2cc(C(=O)Nc3ccc(C#N)cc3)on2)cc1. The standard InChI is InChI=1S/C18H13N3O2/c1-12-2-6-14(7-3-12)16-10-17(23-21-16)18(22)20-15-8-4-13(11-19)5-9-15/h2-10H,1H3,(H,20,22). The van der Waals surface area contributed by atoms with Gasteiger partial charge in [-0.3, -0.25) is 4.79 Å². The van der Waals surface area contributed by atoms with Crippen LogP contribution in [0.1, 0.15) is 21.7 Å². The number of nitrogens with one attached hydrogen (secondary N) is 1. The first-order valence-corrected chi connectivity index (χ1v) is 7.01. The van der Waals surface area contributed by atoms with Gasteiger partial charge in [0.15, 0.2) is 0 Å². The first kappa shape index (κ1) is 14.5. The Labute approximate surface area is 133 Å². The summed E-state index contributed by atoms with van der Waals surface area (Å²) in [4.78, 5) is 12.2. The highest BCUT2D eigenvalue weighted by molar-refractivity contribution is 6.02. The van der Waals surface area contributed by atoms with Gasteiger partial charge >= 0.3 is 0 Å². The van der Waals surface area contributed by atoms with Crippen LogP contribution in [0, 0.1) is 18.3 Å². The van der Waals surface area contributed by atoms with E-state index in [0.29, 0.717) is 16.9 Å². The Morgan fingerprint density at radius 3 is 2.48 bits per heavy atom. The van der Waals surface area contributed by atoms with Gasteiger partial charge in [-0.25, -0.2) is 0 Å². The van der Waals surface area contributed by atoms with E-state index < -0.39 is 0 Å². The number of nitrogens with zero attached hydrogens (tertiary/aromatic N) is 2. The van der Waals surface area contributed by atoms with E-state index in [4.69, 9.17) is 9.78 Å². The predicted molar refractivity (Wildman–Crippen MR) is 85.8 cm³/mol. The van der Waals surface area contributed by atoms with E-state index in [1.165, 1.54) is 0 Å². The van der Waals surface area contributed by atoms with Crippen LogP contribution < -0.4 is 5.32 Å². The number of aromatic nitrogens is 1. The quantitative estimate of drug-likeness (QED) is 0.798. The third-order valence-corrected chi connectivity index (χ3v) is 3.35.